The van der Waals surface area contributed by atoms with E-state index in [4.69, 9.17) is 4.42 Å². The van der Waals surface area contributed by atoms with Crippen molar-refractivity contribution in [2.75, 3.05) is 4.81 Å². The van der Waals surface area contributed by atoms with Crippen LogP contribution in [0.15, 0.2) is 156 Å². The molecule has 70 heavy (non-hydrogen) atoms. The highest BCUT2D eigenvalue weighted by atomic mass is 16.3. The van der Waals surface area contributed by atoms with Crippen LogP contribution in [0.3, 0.4) is 0 Å². The van der Waals surface area contributed by atoms with Crippen LogP contribution in [-0.2, 0) is 10.8 Å². The smallest absolute Gasteiger partial charge is 0.333 e. The van der Waals surface area contributed by atoms with Crippen molar-refractivity contribution in [3.63, 3.8) is 0 Å². The fourth-order valence-corrected chi connectivity index (χ4v) is 18.7. The zero-order valence-electron chi connectivity index (χ0n) is 39.8. The first-order valence-corrected chi connectivity index (χ1v) is 27.1. The molecular weight excluding hydrogens is 848 g/mol. The molecule has 2 aromatic heterocycles. The Hall–Kier alpha value is -6.52. The molecule has 0 saturated heterocycles. The van der Waals surface area contributed by atoms with Gasteiger partial charge in [-0.05, 0) is 222 Å². The Morgan fingerprint density at radius 1 is 0.471 bits per heavy atom. The first-order chi connectivity index (χ1) is 34.5. The summed E-state index contributed by atoms with van der Waals surface area (Å²) in [6.45, 7) is -0.0744. The van der Waals surface area contributed by atoms with Crippen LogP contribution in [0.25, 0.3) is 82.5 Å². The fourth-order valence-electron chi connectivity index (χ4n) is 18.7. The van der Waals surface area contributed by atoms with Crippen LogP contribution in [0.4, 0.5) is 11.4 Å². The van der Waals surface area contributed by atoms with E-state index < -0.39 is 0 Å². The second-order valence-corrected chi connectivity index (χ2v) is 24.5. The zero-order valence-corrected chi connectivity index (χ0v) is 39.8. The van der Waals surface area contributed by atoms with Crippen molar-refractivity contribution in [3.05, 3.63) is 163 Å². The minimum Gasteiger partial charge on any atom is -0.455 e. The van der Waals surface area contributed by atoms with Crippen molar-refractivity contribution in [2.45, 2.75) is 87.9 Å². The lowest BCUT2D eigenvalue weighted by molar-refractivity contribution is -0.00526. The van der Waals surface area contributed by atoms with Crippen LogP contribution in [0, 0.1) is 35.5 Å². The molecule has 8 fully saturated rings. The molecular formula is C66H55BN2O. The summed E-state index contributed by atoms with van der Waals surface area (Å²) in [5, 5.41) is 7.88. The van der Waals surface area contributed by atoms with Crippen molar-refractivity contribution in [1.82, 2.24) is 4.57 Å². The summed E-state index contributed by atoms with van der Waals surface area (Å²) >= 11 is 0. The van der Waals surface area contributed by atoms with Gasteiger partial charge in [-0.25, -0.2) is 0 Å². The Kier molecular flexibility index (Phi) is 7.25. The van der Waals surface area contributed by atoms with Crippen LogP contribution in [0.5, 0.6) is 0 Å². The number of aromatic nitrogens is 1. The molecule has 0 N–H and O–H groups in total. The SMILES string of the molecule is c1ccc(-c2ccc(N3B4c5c(cc6c(oc7ccccc76)c5-c5cc6ccccc6cc53)-n3c5ccc(C67CC8CC(CC(C8)C6)C7)cc5c5cc(C67CC8CC(CC(C8)C6)C7)cc4c53)cc2)cc1. The van der Waals surface area contributed by atoms with Crippen LogP contribution in [-0.4, -0.2) is 11.4 Å². The zero-order chi connectivity index (χ0) is 45.2. The molecule has 0 unspecified atom stereocenters. The number of hydrogen-bond acceptors (Lipinski definition) is 2. The lowest BCUT2D eigenvalue weighted by Gasteiger charge is -2.57. The molecule has 0 atom stereocenters. The molecule has 10 aromatic rings. The Bertz CT molecular complexity index is 3860. The molecule has 4 heterocycles. The van der Waals surface area contributed by atoms with Crippen LogP contribution < -0.4 is 15.7 Å². The van der Waals surface area contributed by atoms with E-state index in [1.165, 1.54) is 171 Å². The van der Waals surface area contributed by atoms with Gasteiger partial charge in [0.1, 0.15) is 11.2 Å². The van der Waals surface area contributed by atoms with Crippen LogP contribution in [0.1, 0.15) is 88.2 Å². The molecule has 8 bridgehead atoms. The van der Waals surface area contributed by atoms with Crippen LogP contribution >= 0.6 is 0 Å². The standard InChI is InChI=1S/C66H55BN2O/c1-2-8-44(9-3-1)45-14-17-50(18-15-45)69-58-27-47-11-5-4-10-46(47)26-55(58)61-62-59(31-54-51-12-6-7-13-60(51)70-64(54)61)68-57-19-16-48(65-32-38-20-39(33-65)22-40(21-38)34-65)28-52(57)53-29-49(30-56(63(53)68)67(62)69)66-35-41-23-42(36-66)25-43(24-41)37-66/h1-19,26-31,38-43H,20-25,32-37H2. The van der Waals surface area contributed by atoms with E-state index in [2.05, 4.69) is 161 Å². The normalized spacial score (nSPS) is 28.5. The second kappa shape index (κ2) is 13.3. The summed E-state index contributed by atoms with van der Waals surface area (Å²) in [5.74, 6) is 5.32. The topological polar surface area (TPSA) is 21.3 Å². The lowest BCUT2D eigenvalue weighted by Crippen LogP contribution is -2.61. The van der Waals surface area contributed by atoms with Gasteiger partial charge in [0, 0.05) is 49.7 Å². The maximum absolute atomic E-state index is 7.22. The van der Waals surface area contributed by atoms with Crippen molar-refractivity contribution >= 4 is 83.7 Å². The van der Waals surface area contributed by atoms with Crippen molar-refractivity contribution in [1.29, 1.82) is 0 Å². The van der Waals surface area contributed by atoms with Gasteiger partial charge in [0.2, 0.25) is 0 Å². The summed E-state index contributed by atoms with van der Waals surface area (Å²) in [7, 11) is 0. The number of nitrogens with zero attached hydrogens (tertiary/aromatic N) is 2. The lowest BCUT2D eigenvalue weighted by atomic mass is 9.42. The molecule has 8 aromatic carbocycles. The molecule has 8 saturated carbocycles. The van der Waals surface area contributed by atoms with E-state index >= 15 is 0 Å². The summed E-state index contributed by atoms with van der Waals surface area (Å²) in [4.78, 5) is 2.76. The highest BCUT2D eigenvalue weighted by Gasteiger charge is 2.54. The quantitative estimate of drug-likeness (QED) is 0.164. The third-order valence-corrected chi connectivity index (χ3v) is 20.6. The number of benzene rings is 8. The van der Waals surface area contributed by atoms with Gasteiger partial charge < -0.3 is 13.8 Å². The molecule has 8 aliphatic carbocycles. The predicted octanol–water partition coefficient (Wildman–Crippen LogP) is 15.7. The van der Waals surface area contributed by atoms with Gasteiger partial charge in [-0.3, -0.25) is 0 Å². The summed E-state index contributed by atoms with van der Waals surface area (Å²) < 4.78 is 9.98. The molecule has 0 radical (unpaired) electrons. The number of fused-ring (bicyclic) bond motifs is 12. The predicted molar refractivity (Wildman–Crippen MR) is 290 cm³/mol. The Labute approximate surface area is 409 Å². The summed E-state index contributed by atoms with van der Waals surface area (Å²) in [6.07, 6.45) is 17.0. The number of para-hydroxylation sites is 1. The van der Waals surface area contributed by atoms with Crippen LogP contribution in [0.2, 0.25) is 0 Å². The highest BCUT2D eigenvalue weighted by Crippen LogP contribution is 2.63. The average molecular weight is 903 g/mol. The molecule has 0 spiro atoms. The molecule has 20 rings (SSSR count). The van der Waals surface area contributed by atoms with E-state index in [1.807, 2.05) is 0 Å². The van der Waals surface area contributed by atoms with Gasteiger partial charge >= 0.3 is 6.85 Å². The maximum Gasteiger partial charge on any atom is 0.333 e. The fraction of sp³-hybridized carbons (Fsp3) is 0.303. The molecule has 10 aliphatic rings. The molecule has 4 heteroatoms. The number of furan rings is 1. The monoisotopic (exact) mass is 902 g/mol. The van der Waals surface area contributed by atoms with Gasteiger partial charge in [-0.1, -0.05) is 97.1 Å². The molecule has 0 amide bonds. The molecule has 3 nitrogen and oxygen atoms in total. The minimum absolute atomic E-state index is 0.0744. The first kappa shape index (κ1) is 38.3. The van der Waals surface area contributed by atoms with E-state index in [9.17, 15) is 0 Å². The number of anilines is 2. The van der Waals surface area contributed by atoms with Gasteiger partial charge in [-0.15, -0.1) is 0 Å². The summed E-state index contributed by atoms with van der Waals surface area (Å²) in [5.41, 5.74) is 20.2. The van der Waals surface area contributed by atoms with Gasteiger partial charge in [0.25, 0.3) is 0 Å². The highest BCUT2D eigenvalue weighted by molar-refractivity contribution is 6.94. The first-order valence-electron chi connectivity index (χ1n) is 27.1. The second-order valence-electron chi connectivity index (χ2n) is 24.5. The van der Waals surface area contributed by atoms with Crippen molar-refractivity contribution in [3.8, 4) is 27.9 Å². The largest absolute Gasteiger partial charge is 0.455 e. The van der Waals surface area contributed by atoms with Gasteiger partial charge in [-0.2, -0.15) is 0 Å². The van der Waals surface area contributed by atoms with Gasteiger partial charge in [0.05, 0.1) is 11.0 Å². The maximum atomic E-state index is 7.22. The minimum atomic E-state index is -0.0744. The van der Waals surface area contributed by atoms with Crippen molar-refractivity contribution < 1.29 is 4.42 Å². The van der Waals surface area contributed by atoms with Gasteiger partial charge in [0.15, 0.2) is 0 Å². The Morgan fingerprint density at radius 2 is 1.07 bits per heavy atom. The third-order valence-electron chi connectivity index (χ3n) is 20.6. The van der Waals surface area contributed by atoms with Crippen molar-refractivity contribution in [2.24, 2.45) is 35.5 Å². The number of rotatable bonds is 4. The third kappa shape index (κ3) is 4.98. The van der Waals surface area contributed by atoms with E-state index in [0.717, 1.165) is 46.7 Å². The van der Waals surface area contributed by atoms with E-state index in [0.29, 0.717) is 5.41 Å². The Morgan fingerprint density at radius 3 is 1.77 bits per heavy atom. The van der Waals surface area contributed by atoms with E-state index in [-0.39, 0.29) is 12.3 Å². The van der Waals surface area contributed by atoms with E-state index in [1.54, 1.807) is 11.1 Å². The Balaban J connectivity index is 0.978. The number of hydrogen-bond donors (Lipinski definition) is 0. The molecule has 2 aliphatic heterocycles. The summed E-state index contributed by atoms with van der Waals surface area (Å²) in [6, 6.07) is 59.3. The average Bonchev–Trinajstić information content (AvgIpc) is 3.92. The molecule has 338 valence electrons.